The van der Waals surface area contributed by atoms with Crippen LogP contribution in [0.15, 0.2) is 0 Å². The summed E-state index contributed by atoms with van der Waals surface area (Å²) in [5, 5.41) is 0.322. The Morgan fingerprint density at radius 2 is 2.10 bits per heavy atom. The van der Waals surface area contributed by atoms with Crippen LogP contribution in [-0.4, -0.2) is 30.4 Å². The van der Waals surface area contributed by atoms with Crippen LogP contribution in [-0.2, 0) is 4.74 Å². The molecule has 0 aromatic carbocycles. The molecule has 1 aliphatic heterocycles. The van der Waals surface area contributed by atoms with E-state index >= 15 is 0 Å². The van der Waals surface area contributed by atoms with Crippen LogP contribution in [0.3, 0.4) is 0 Å². The molecule has 60 valence electrons. The van der Waals surface area contributed by atoms with E-state index in [1.807, 2.05) is 0 Å². The Bertz CT molecular complexity index is 110. The number of hydrogen-bond donors (Lipinski definition) is 0. The fourth-order valence-corrected chi connectivity index (χ4v) is 0.895. The first-order valence-corrected chi connectivity index (χ1v) is 3.89. The molecule has 0 aromatic heterocycles. The van der Waals surface area contributed by atoms with Crippen molar-refractivity contribution in [3.63, 3.8) is 0 Å². The molecule has 1 unspecified atom stereocenters. The molecule has 1 heterocycles. The lowest BCUT2D eigenvalue weighted by Gasteiger charge is -2.05. The summed E-state index contributed by atoms with van der Waals surface area (Å²) < 4.78 is 38.6. The quantitative estimate of drug-likeness (QED) is 0.599. The third-order valence-electron chi connectivity index (χ3n) is 0.972. The molecule has 10 heavy (non-hydrogen) atoms. The van der Waals surface area contributed by atoms with Gasteiger partial charge in [-0.2, -0.15) is 24.9 Å². The lowest BCUT2D eigenvalue weighted by molar-refractivity contribution is -0.173. The summed E-state index contributed by atoms with van der Waals surface area (Å²) in [6, 6.07) is 0. The molecule has 0 spiro atoms. The van der Waals surface area contributed by atoms with Gasteiger partial charge in [-0.1, -0.05) is 0 Å². The van der Waals surface area contributed by atoms with Crippen LogP contribution >= 0.6 is 11.8 Å². The van der Waals surface area contributed by atoms with Crippen LogP contribution < -0.4 is 0 Å². The van der Waals surface area contributed by atoms with Gasteiger partial charge in [0.15, 0.2) is 0 Å². The van der Waals surface area contributed by atoms with Crippen molar-refractivity contribution >= 4 is 11.8 Å². The Balaban J connectivity index is 1.93. The van der Waals surface area contributed by atoms with Gasteiger partial charge in [-0.05, 0) is 0 Å². The smallest absolute Gasteiger partial charge is 0.371 e. The van der Waals surface area contributed by atoms with Crippen molar-refractivity contribution < 1.29 is 17.9 Å². The maximum Gasteiger partial charge on any atom is 0.411 e. The van der Waals surface area contributed by atoms with E-state index in [0.717, 1.165) is 5.75 Å². The van der Waals surface area contributed by atoms with Crippen molar-refractivity contribution in [2.45, 2.75) is 11.4 Å². The molecule has 0 amide bonds. The second-order valence-corrected chi connectivity index (χ2v) is 3.42. The highest BCUT2D eigenvalue weighted by molar-refractivity contribution is 8.06. The van der Waals surface area contributed by atoms with E-state index in [0.29, 0.717) is 5.25 Å². The minimum absolute atomic E-state index is 0.240. The van der Waals surface area contributed by atoms with Crippen molar-refractivity contribution in [2.75, 3.05) is 19.0 Å². The van der Waals surface area contributed by atoms with Gasteiger partial charge in [0.2, 0.25) is 0 Å². The van der Waals surface area contributed by atoms with Crippen molar-refractivity contribution in [1.29, 1.82) is 0 Å². The summed E-state index contributed by atoms with van der Waals surface area (Å²) in [5.74, 6) is 0.942. The number of alkyl halides is 3. The molecule has 1 rings (SSSR count). The highest BCUT2D eigenvalue weighted by atomic mass is 32.2. The van der Waals surface area contributed by atoms with Crippen LogP contribution in [0.5, 0.6) is 0 Å². The van der Waals surface area contributed by atoms with E-state index < -0.39 is 12.8 Å². The summed E-state index contributed by atoms with van der Waals surface area (Å²) in [7, 11) is 0. The van der Waals surface area contributed by atoms with Crippen LogP contribution in [0.4, 0.5) is 13.2 Å². The third-order valence-corrected chi connectivity index (χ3v) is 1.91. The van der Waals surface area contributed by atoms with E-state index in [2.05, 4.69) is 4.74 Å². The molecule has 0 saturated carbocycles. The number of hydrogen-bond acceptors (Lipinski definition) is 2. The van der Waals surface area contributed by atoms with Gasteiger partial charge in [0, 0.05) is 11.0 Å². The molecule has 1 fully saturated rings. The number of thioether (sulfide) groups is 1. The monoisotopic (exact) mass is 172 g/mol. The summed E-state index contributed by atoms with van der Waals surface area (Å²) in [4.78, 5) is 0. The fourth-order valence-electron chi connectivity index (χ4n) is 0.470. The van der Waals surface area contributed by atoms with Gasteiger partial charge >= 0.3 is 6.18 Å². The van der Waals surface area contributed by atoms with Gasteiger partial charge in [0.05, 0.1) is 6.61 Å². The molecule has 0 bridgehead atoms. The molecule has 0 aliphatic carbocycles. The minimum atomic E-state index is -4.17. The van der Waals surface area contributed by atoms with Crippen molar-refractivity contribution in [3.05, 3.63) is 0 Å². The highest BCUT2D eigenvalue weighted by Crippen LogP contribution is 2.30. The van der Waals surface area contributed by atoms with Gasteiger partial charge in [-0.25, -0.2) is 0 Å². The zero-order valence-corrected chi connectivity index (χ0v) is 5.97. The van der Waals surface area contributed by atoms with E-state index in [4.69, 9.17) is 0 Å². The topological polar surface area (TPSA) is 9.23 Å². The molecule has 0 N–H and O–H groups in total. The summed E-state index contributed by atoms with van der Waals surface area (Å²) >= 11 is 1.63. The second-order valence-electron chi connectivity index (χ2n) is 2.09. The Kier molecular flexibility index (Phi) is 2.46. The Labute approximate surface area is 60.9 Å². The van der Waals surface area contributed by atoms with Crippen molar-refractivity contribution in [2.24, 2.45) is 0 Å². The predicted molar refractivity (Wildman–Crippen MR) is 33.1 cm³/mol. The van der Waals surface area contributed by atoms with Crippen LogP contribution in [0.2, 0.25) is 0 Å². The van der Waals surface area contributed by atoms with Gasteiger partial charge in [-0.15, -0.1) is 0 Å². The van der Waals surface area contributed by atoms with Crippen LogP contribution in [0.1, 0.15) is 0 Å². The molecular weight excluding hydrogens is 165 g/mol. The first-order valence-electron chi connectivity index (χ1n) is 2.84. The van der Waals surface area contributed by atoms with E-state index in [1.54, 1.807) is 11.8 Å². The van der Waals surface area contributed by atoms with Crippen molar-refractivity contribution in [3.8, 4) is 0 Å². The van der Waals surface area contributed by atoms with Crippen molar-refractivity contribution in [1.82, 2.24) is 0 Å². The normalized spacial score (nSPS) is 24.9. The first-order chi connectivity index (χ1) is 4.58. The summed E-state index contributed by atoms with van der Waals surface area (Å²) in [6.07, 6.45) is -4.17. The summed E-state index contributed by atoms with van der Waals surface area (Å²) in [5.41, 5.74) is 0. The molecule has 0 radical (unpaired) electrons. The lowest BCUT2D eigenvalue weighted by atomic mass is 10.5. The van der Waals surface area contributed by atoms with Gasteiger partial charge in [0.1, 0.15) is 6.61 Å². The molecule has 1 nitrogen and oxygen atoms in total. The Morgan fingerprint density at radius 1 is 1.50 bits per heavy atom. The lowest BCUT2D eigenvalue weighted by Crippen LogP contribution is -2.18. The second kappa shape index (κ2) is 3.00. The zero-order valence-electron chi connectivity index (χ0n) is 5.15. The minimum Gasteiger partial charge on any atom is -0.371 e. The number of ether oxygens (including phenoxy) is 1. The third kappa shape index (κ3) is 4.00. The van der Waals surface area contributed by atoms with Gasteiger partial charge < -0.3 is 4.74 Å². The first kappa shape index (κ1) is 8.20. The Hall–Kier alpha value is 0.100. The SMILES string of the molecule is FC(F)(F)COCC1CS1. The Morgan fingerprint density at radius 3 is 2.50 bits per heavy atom. The predicted octanol–water partition coefficient (Wildman–Crippen LogP) is 1.68. The van der Waals surface area contributed by atoms with Gasteiger partial charge in [-0.3, -0.25) is 0 Å². The number of halogens is 3. The molecule has 1 aliphatic rings. The average Bonchev–Trinajstić information content (AvgIpc) is 2.45. The van der Waals surface area contributed by atoms with Crippen LogP contribution in [0.25, 0.3) is 0 Å². The van der Waals surface area contributed by atoms with E-state index in [9.17, 15) is 13.2 Å². The molecular formula is C5H7F3OS. The molecule has 0 aromatic rings. The van der Waals surface area contributed by atoms with E-state index in [-0.39, 0.29) is 6.61 Å². The molecule has 1 saturated heterocycles. The van der Waals surface area contributed by atoms with Gasteiger partial charge in [0.25, 0.3) is 0 Å². The highest BCUT2D eigenvalue weighted by Gasteiger charge is 2.29. The largest absolute Gasteiger partial charge is 0.411 e. The fraction of sp³-hybridized carbons (Fsp3) is 1.00. The summed E-state index contributed by atoms with van der Waals surface area (Å²) in [6.45, 7) is -0.867. The average molecular weight is 172 g/mol. The molecule has 1 atom stereocenters. The number of rotatable bonds is 3. The standard InChI is InChI=1S/C5H7F3OS/c6-5(7,8)3-9-1-4-2-10-4/h4H,1-3H2. The maximum atomic E-state index is 11.4. The van der Waals surface area contributed by atoms with E-state index in [1.165, 1.54) is 0 Å². The zero-order chi connectivity index (χ0) is 7.61. The molecule has 5 heteroatoms. The maximum absolute atomic E-state index is 11.4. The van der Waals surface area contributed by atoms with Crippen LogP contribution in [0, 0.1) is 0 Å².